The summed E-state index contributed by atoms with van der Waals surface area (Å²) in [6, 6.07) is 0. The predicted molar refractivity (Wildman–Crippen MR) is 47.1 cm³/mol. The van der Waals surface area contributed by atoms with Crippen molar-refractivity contribution in [2.75, 3.05) is 25.6 Å². The molecule has 0 radical (unpaired) electrons. The van der Waals surface area contributed by atoms with Crippen LogP contribution in [0.5, 0.6) is 0 Å². The molecule has 0 atom stereocenters. The summed E-state index contributed by atoms with van der Waals surface area (Å²) in [5, 5.41) is 8.51. The summed E-state index contributed by atoms with van der Waals surface area (Å²) in [4.78, 5) is 12.5. The molecule has 1 amide bonds. The molecule has 1 aliphatic heterocycles. The Kier molecular flexibility index (Phi) is 3.69. The van der Waals surface area contributed by atoms with Crippen molar-refractivity contribution >= 4 is 17.5 Å². The number of aliphatic hydroxyl groups is 1. The lowest BCUT2D eigenvalue weighted by atomic mass is 10.2. The molecule has 1 heterocycles. The zero-order valence-electron chi connectivity index (χ0n) is 7.09. The average Bonchev–Trinajstić information content (AvgIpc) is 2.64. The fourth-order valence-electron chi connectivity index (χ4n) is 1.29. The molecule has 0 bridgehead atoms. The minimum atomic E-state index is -0.585. The van der Waals surface area contributed by atoms with Crippen LogP contribution in [0.3, 0.4) is 0 Å². The zero-order chi connectivity index (χ0) is 9.84. The summed E-state index contributed by atoms with van der Waals surface area (Å²) < 4.78 is 12.8. The van der Waals surface area contributed by atoms with Gasteiger partial charge in [-0.05, 0) is 12.0 Å². The molecule has 0 spiro atoms. The fourth-order valence-corrected chi connectivity index (χ4v) is 1.46. The smallest absolute Gasteiger partial charge is 0.237 e. The Morgan fingerprint density at radius 3 is 2.92 bits per heavy atom. The van der Waals surface area contributed by atoms with Crippen molar-refractivity contribution in [3.05, 3.63) is 11.4 Å². The molecular formula is C8H11ClFNO2. The standard InChI is InChI=1S/C8H11ClFNO2/c9-3-8(13)11-2-1-6(4-11)7(10)5-12/h12H,1-5H2/b7-6+. The number of likely N-dealkylation sites (tertiary alicyclic amines) is 1. The number of hydrogen-bond donors (Lipinski definition) is 1. The van der Waals surface area contributed by atoms with Crippen LogP contribution < -0.4 is 0 Å². The molecule has 5 heteroatoms. The molecule has 1 fully saturated rings. The van der Waals surface area contributed by atoms with Crippen LogP contribution >= 0.6 is 11.6 Å². The highest BCUT2D eigenvalue weighted by Crippen LogP contribution is 2.19. The molecule has 0 aromatic rings. The van der Waals surface area contributed by atoms with Gasteiger partial charge in [0.2, 0.25) is 5.91 Å². The van der Waals surface area contributed by atoms with Crippen LogP contribution in [0.25, 0.3) is 0 Å². The summed E-state index contributed by atoms with van der Waals surface area (Å²) in [6.07, 6.45) is 0.495. The van der Waals surface area contributed by atoms with E-state index >= 15 is 0 Å². The van der Waals surface area contributed by atoms with E-state index in [1.807, 2.05) is 0 Å². The van der Waals surface area contributed by atoms with Gasteiger partial charge in [-0.2, -0.15) is 0 Å². The largest absolute Gasteiger partial charge is 0.389 e. The summed E-state index contributed by atoms with van der Waals surface area (Å²) in [6.45, 7) is 0.171. The Hall–Kier alpha value is -0.610. The number of rotatable bonds is 2. The van der Waals surface area contributed by atoms with Crippen LogP contribution in [0, 0.1) is 0 Å². The molecule has 1 aliphatic rings. The SMILES string of the molecule is O=C(CCl)N1CC/C(=C(\F)CO)C1. The molecule has 1 rings (SSSR count). The number of carbonyl (C=O) groups is 1. The lowest BCUT2D eigenvalue weighted by molar-refractivity contribution is -0.127. The third-order valence-electron chi connectivity index (χ3n) is 2.05. The second-order valence-corrected chi connectivity index (χ2v) is 3.13. The van der Waals surface area contributed by atoms with Gasteiger partial charge in [-0.3, -0.25) is 4.79 Å². The fraction of sp³-hybridized carbons (Fsp3) is 0.625. The maximum Gasteiger partial charge on any atom is 0.237 e. The van der Waals surface area contributed by atoms with Crippen molar-refractivity contribution in [2.24, 2.45) is 0 Å². The quantitative estimate of drug-likeness (QED) is 0.677. The van der Waals surface area contributed by atoms with E-state index in [9.17, 15) is 9.18 Å². The molecule has 0 aliphatic carbocycles. The lowest BCUT2D eigenvalue weighted by Crippen LogP contribution is -2.28. The van der Waals surface area contributed by atoms with E-state index in [1.54, 1.807) is 0 Å². The third-order valence-corrected chi connectivity index (χ3v) is 2.28. The number of hydrogen-bond acceptors (Lipinski definition) is 2. The first-order valence-electron chi connectivity index (χ1n) is 4.00. The van der Waals surface area contributed by atoms with E-state index in [4.69, 9.17) is 16.7 Å². The van der Waals surface area contributed by atoms with Crippen LogP contribution in [0.1, 0.15) is 6.42 Å². The van der Waals surface area contributed by atoms with E-state index in [0.717, 1.165) is 0 Å². The van der Waals surface area contributed by atoms with E-state index in [2.05, 4.69) is 0 Å². The second-order valence-electron chi connectivity index (χ2n) is 2.87. The maximum absolute atomic E-state index is 12.8. The Balaban J connectivity index is 2.59. The lowest BCUT2D eigenvalue weighted by Gasteiger charge is -2.12. The minimum Gasteiger partial charge on any atom is -0.389 e. The third kappa shape index (κ3) is 2.42. The number of carbonyl (C=O) groups excluding carboxylic acids is 1. The molecule has 0 aromatic heterocycles. The van der Waals surface area contributed by atoms with E-state index in [0.29, 0.717) is 18.5 Å². The molecule has 3 nitrogen and oxygen atoms in total. The number of aliphatic hydroxyl groups excluding tert-OH is 1. The number of alkyl halides is 1. The molecule has 74 valence electrons. The predicted octanol–water partition coefficient (Wildman–Crippen LogP) is 0.673. The van der Waals surface area contributed by atoms with E-state index in [-0.39, 0.29) is 18.3 Å². The van der Waals surface area contributed by atoms with Gasteiger partial charge in [-0.25, -0.2) is 4.39 Å². The van der Waals surface area contributed by atoms with Gasteiger partial charge in [0.05, 0.1) is 6.61 Å². The van der Waals surface area contributed by atoms with Crippen LogP contribution in [0.15, 0.2) is 11.4 Å². The van der Waals surface area contributed by atoms with Crippen molar-refractivity contribution in [3.63, 3.8) is 0 Å². The van der Waals surface area contributed by atoms with E-state index in [1.165, 1.54) is 4.90 Å². The molecule has 13 heavy (non-hydrogen) atoms. The Bertz CT molecular complexity index is 242. The van der Waals surface area contributed by atoms with Gasteiger partial charge in [0.25, 0.3) is 0 Å². The first-order valence-corrected chi connectivity index (χ1v) is 4.53. The van der Waals surface area contributed by atoms with Crippen molar-refractivity contribution in [3.8, 4) is 0 Å². The Morgan fingerprint density at radius 1 is 1.69 bits per heavy atom. The first kappa shape index (κ1) is 10.5. The summed E-state index contributed by atoms with van der Waals surface area (Å²) >= 11 is 5.34. The van der Waals surface area contributed by atoms with Gasteiger partial charge in [0.1, 0.15) is 11.7 Å². The summed E-state index contributed by atoms with van der Waals surface area (Å²) in [5.41, 5.74) is 0.501. The number of halogens is 2. The highest BCUT2D eigenvalue weighted by atomic mass is 35.5. The normalized spacial score (nSPS) is 20.7. The zero-order valence-corrected chi connectivity index (χ0v) is 7.85. The molecule has 0 aromatic carbocycles. The summed E-state index contributed by atoms with van der Waals surface area (Å²) in [7, 11) is 0. The van der Waals surface area contributed by atoms with Crippen molar-refractivity contribution in [1.82, 2.24) is 4.90 Å². The van der Waals surface area contributed by atoms with Crippen LogP contribution in [0.4, 0.5) is 4.39 Å². The van der Waals surface area contributed by atoms with Crippen molar-refractivity contribution in [2.45, 2.75) is 6.42 Å². The second kappa shape index (κ2) is 4.58. The maximum atomic E-state index is 12.8. The first-order chi connectivity index (χ1) is 6.19. The Labute approximate surface area is 80.8 Å². The molecular weight excluding hydrogens is 197 g/mol. The van der Waals surface area contributed by atoms with E-state index < -0.39 is 12.4 Å². The van der Waals surface area contributed by atoms with Gasteiger partial charge < -0.3 is 10.0 Å². The van der Waals surface area contributed by atoms with Gasteiger partial charge in [0, 0.05) is 13.1 Å². The molecule has 1 N–H and O–H groups in total. The molecule has 1 saturated heterocycles. The van der Waals surface area contributed by atoms with Gasteiger partial charge >= 0.3 is 0 Å². The summed E-state index contributed by atoms with van der Waals surface area (Å²) in [5.74, 6) is -0.791. The van der Waals surface area contributed by atoms with Gasteiger partial charge in [0.15, 0.2) is 0 Å². The van der Waals surface area contributed by atoms with Crippen LogP contribution in [-0.2, 0) is 4.79 Å². The monoisotopic (exact) mass is 207 g/mol. The van der Waals surface area contributed by atoms with Gasteiger partial charge in [-0.15, -0.1) is 11.6 Å². The van der Waals surface area contributed by atoms with Gasteiger partial charge in [-0.1, -0.05) is 0 Å². The van der Waals surface area contributed by atoms with Crippen LogP contribution in [-0.4, -0.2) is 41.5 Å². The molecule has 0 unspecified atom stereocenters. The number of nitrogens with zero attached hydrogens (tertiary/aromatic N) is 1. The van der Waals surface area contributed by atoms with Crippen molar-refractivity contribution < 1.29 is 14.3 Å². The minimum absolute atomic E-state index is 0.0754. The highest BCUT2D eigenvalue weighted by Gasteiger charge is 2.23. The number of amides is 1. The Morgan fingerprint density at radius 2 is 2.38 bits per heavy atom. The van der Waals surface area contributed by atoms with Crippen molar-refractivity contribution in [1.29, 1.82) is 0 Å². The molecule has 0 saturated carbocycles. The topological polar surface area (TPSA) is 40.5 Å². The van der Waals surface area contributed by atoms with Crippen LogP contribution in [0.2, 0.25) is 0 Å². The highest BCUT2D eigenvalue weighted by molar-refractivity contribution is 6.27. The average molecular weight is 208 g/mol.